The lowest BCUT2D eigenvalue weighted by Gasteiger charge is -2.57. The molecule has 3 fully saturated rings. The summed E-state index contributed by atoms with van der Waals surface area (Å²) in [5, 5.41) is 11.0. The van der Waals surface area contributed by atoms with Crippen molar-refractivity contribution in [3.05, 3.63) is 35.9 Å². The summed E-state index contributed by atoms with van der Waals surface area (Å²) in [6.45, 7) is 3.71. The fourth-order valence-electron chi connectivity index (χ4n) is 5.59. The van der Waals surface area contributed by atoms with Gasteiger partial charge in [-0.1, -0.05) is 43.7 Å². The molecular weight excluding hydrogens is 288 g/mol. The van der Waals surface area contributed by atoms with Crippen LogP contribution < -0.4 is 0 Å². The molecular formula is C20H28O3. The molecule has 4 rings (SSSR count). The van der Waals surface area contributed by atoms with Gasteiger partial charge in [0.05, 0.1) is 19.3 Å². The van der Waals surface area contributed by atoms with Crippen LogP contribution in [0.5, 0.6) is 0 Å². The Morgan fingerprint density at radius 1 is 1.09 bits per heavy atom. The van der Waals surface area contributed by atoms with Crippen LogP contribution in [-0.4, -0.2) is 30.2 Å². The molecule has 0 unspecified atom stereocenters. The molecule has 1 aliphatic heterocycles. The minimum Gasteiger partial charge on any atom is -0.393 e. The van der Waals surface area contributed by atoms with Crippen molar-refractivity contribution in [1.82, 2.24) is 0 Å². The summed E-state index contributed by atoms with van der Waals surface area (Å²) in [5.74, 6) is 0.428. The Morgan fingerprint density at radius 2 is 1.83 bits per heavy atom. The quantitative estimate of drug-likeness (QED) is 0.907. The maximum absolute atomic E-state index is 11.0. The van der Waals surface area contributed by atoms with Gasteiger partial charge in [-0.2, -0.15) is 0 Å². The zero-order chi connectivity index (χ0) is 15.9. The van der Waals surface area contributed by atoms with Gasteiger partial charge in [-0.15, -0.1) is 0 Å². The zero-order valence-corrected chi connectivity index (χ0v) is 14.0. The lowest BCUT2D eigenvalue weighted by atomic mass is 9.51. The highest BCUT2D eigenvalue weighted by atomic mass is 16.7. The SMILES string of the molecule is C[C@H]1[C@@H]2CCC[C@H](O)[C@@]2(Cc2ccccc2)CCC12OCCO2. The predicted octanol–water partition coefficient (Wildman–Crippen LogP) is 3.55. The molecule has 1 heterocycles. The first-order valence-corrected chi connectivity index (χ1v) is 9.16. The van der Waals surface area contributed by atoms with E-state index in [4.69, 9.17) is 9.47 Å². The maximum atomic E-state index is 11.0. The Bertz CT molecular complexity index is 537. The third kappa shape index (κ3) is 2.45. The molecule has 0 amide bonds. The van der Waals surface area contributed by atoms with E-state index in [2.05, 4.69) is 37.3 Å². The van der Waals surface area contributed by atoms with Crippen molar-refractivity contribution in [3.63, 3.8) is 0 Å². The second kappa shape index (κ2) is 5.87. The second-order valence-electron chi connectivity index (χ2n) is 7.75. The minimum absolute atomic E-state index is 0.0143. The van der Waals surface area contributed by atoms with E-state index in [1.54, 1.807) is 0 Å². The highest BCUT2D eigenvalue weighted by molar-refractivity contribution is 5.19. The molecule has 1 N–H and O–H groups in total. The van der Waals surface area contributed by atoms with E-state index < -0.39 is 0 Å². The van der Waals surface area contributed by atoms with Crippen molar-refractivity contribution < 1.29 is 14.6 Å². The molecule has 3 aliphatic rings. The van der Waals surface area contributed by atoms with E-state index in [0.717, 1.165) is 32.1 Å². The van der Waals surface area contributed by atoms with Crippen molar-refractivity contribution in [2.45, 2.75) is 57.3 Å². The van der Waals surface area contributed by atoms with Gasteiger partial charge in [0.2, 0.25) is 0 Å². The van der Waals surface area contributed by atoms with Crippen LogP contribution in [0, 0.1) is 17.3 Å². The summed E-state index contributed by atoms with van der Waals surface area (Å²) in [4.78, 5) is 0. The van der Waals surface area contributed by atoms with E-state index >= 15 is 0 Å². The van der Waals surface area contributed by atoms with Gasteiger partial charge < -0.3 is 14.6 Å². The lowest BCUT2D eigenvalue weighted by Crippen LogP contribution is -2.59. The number of hydrogen-bond donors (Lipinski definition) is 1. The maximum Gasteiger partial charge on any atom is 0.171 e. The van der Waals surface area contributed by atoms with Crippen molar-refractivity contribution in [2.75, 3.05) is 13.2 Å². The third-order valence-corrected chi connectivity index (χ3v) is 6.78. The number of ether oxygens (including phenoxy) is 2. The molecule has 1 spiro atoms. The number of rotatable bonds is 2. The number of benzene rings is 1. The molecule has 0 aromatic heterocycles. The summed E-state index contributed by atoms with van der Waals surface area (Å²) in [6.07, 6.45) is 5.91. The smallest absolute Gasteiger partial charge is 0.171 e. The highest BCUT2D eigenvalue weighted by Gasteiger charge is 2.59. The van der Waals surface area contributed by atoms with Gasteiger partial charge in [0.25, 0.3) is 0 Å². The Balaban J connectivity index is 1.67. The topological polar surface area (TPSA) is 38.7 Å². The largest absolute Gasteiger partial charge is 0.393 e. The monoisotopic (exact) mass is 316 g/mol. The number of aliphatic hydroxyl groups excluding tert-OH is 1. The standard InChI is InChI=1S/C20H28O3/c1-15-17-8-5-9-18(21)19(17,14-16-6-3-2-4-7-16)10-11-20(15)22-12-13-23-20/h2-4,6-7,15,17-18,21H,5,8-14H2,1H3/t15-,17-,18-,19+/m0/s1. The molecule has 3 nitrogen and oxygen atoms in total. The average molecular weight is 316 g/mol. The van der Waals surface area contributed by atoms with Gasteiger partial charge in [-0.25, -0.2) is 0 Å². The first-order chi connectivity index (χ1) is 11.2. The fraction of sp³-hybridized carbons (Fsp3) is 0.700. The van der Waals surface area contributed by atoms with Crippen LogP contribution in [0.15, 0.2) is 30.3 Å². The Morgan fingerprint density at radius 3 is 2.57 bits per heavy atom. The van der Waals surface area contributed by atoms with E-state index in [9.17, 15) is 5.11 Å². The second-order valence-corrected chi connectivity index (χ2v) is 7.75. The van der Waals surface area contributed by atoms with E-state index in [0.29, 0.717) is 25.0 Å². The summed E-state index contributed by atoms with van der Waals surface area (Å²) in [5.41, 5.74) is 1.33. The zero-order valence-electron chi connectivity index (χ0n) is 14.0. The van der Waals surface area contributed by atoms with Crippen LogP contribution in [0.3, 0.4) is 0 Å². The molecule has 0 bridgehead atoms. The molecule has 126 valence electrons. The van der Waals surface area contributed by atoms with Crippen molar-refractivity contribution in [2.24, 2.45) is 17.3 Å². The van der Waals surface area contributed by atoms with Gasteiger partial charge in [-0.3, -0.25) is 0 Å². The molecule has 3 heteroatoms. The molecule has 1 saturated heterocycles. The van der Waals surface area contributed by atoms with Crippen LogP contribution >= 0.6 is 0 Å². The Hall–Kier alpha value is -0.900. The van der Waals surface area contributed by atoms with Gasteiger partial charge >= 0.3 is 0 Å². The molecule has 2 saturated carbocycles. The lowest BCUT2D eigenvalue weighted by molar-refractivity contribution is -0.261. The van der Waals surface area contributed by atoms with Crippen LogP contribution in [0.2, 0.25) is 0 Å². The van der Waals surface area contributed by atoms with Crippen molar-refractivity contribution >= 4 is 0 Å². The number of fused-ring (bicyclic) bond motifs is 1. The van der Waals surface area contributed by atoms with E-state index in [1.807, 2.05) is 0 Å². The fourth-order valence-corrected chi connectivity index (χ4v) is 5.59. The third-order valence-electron chi connectivity index (χ3n) is 6.78. The summed E-state index contributed by atoms with van der Waals surface area (Å²) in [6, 6.07) is 10.7. The number of hydrogen-bond acceptors (Lipinski definition) is 3. The average Bonchev–Trinajstić information content (AvgIpc) is 3.04. The molecule has 23 heavy (non-hydrogen) atoms. The molecule has 0 radical (unpaired) electrons. The van der Waals surface area contributed by atoms with Gasteiger partial charge in [0, 0.05) is 17.8 Å². The normalized spacial score (nSPS) is 39.3. The predicted molar refractivity (Wildman–Crippen MR) is 89.0 cm³/mol. The summed E-state index contributed by atoms with van der Waals surface area (Å²) < 4.78 is 12.1. The number of aliphatic hydroxyl groups is 1. The van der Waals surface area contributed by atoms with Crippen molar-refractivity contribution in [3.8, 4) is 0 Å². The van der Waals surface area contributed by atoms with Crippen LogP contribution in [0.1, 0.15) is 44.6 Å². The van der Waals surface area contributed by atoms with Crippen LogP contribution in [0.25, 0.3) is 0 Å². The van der Waals surface area contributed by atoms with Gasteiger partial charge in [0.1, 0.15) is 0 Å². The van der Waals surface area contributed by atoms with Crippen molar-refractivity contribution in [1.29, 1.82) is 0 Å². The summed E-state index contributed by atoms with van der Waals surface area (Å²) in [7, 11) is 0. The molecule has 4 atom stereocenters. The molecule has 1 aromatic carbocycles. The van der Waals surface area contributed by atoms with Crippen LogP contribution in [0.4, 0.5) is 0 Å². The first-order valence-electron chi connectivity index (χ1n) is 9.16. The Kier molecular flexibility index (Phi) is 3.99. The van der Waals surface area contributed by atoms with E-state index in [-0.39, 0.29) is 17.3 Å². The van der Waals surface area contributed by atoms with Gasteiger partial charge in [0.15, 0.2) is 5.79 Å². The van der Waals surface area contributed by atoms with Gasteiger partial charge in [-0.05, 0) is 37.2 Å². The minimum atomic E-state index is -0.387. The first kappa shape index (κ1) is 15.6. The molecule has 2 aliphatic carbocycles. The van der Waals surface area contributed by atoms with E-state index in [1.165, 1.54) is 12.0 Å². The summed E-state index contributed by atoms with van der Waals surface area (Å²) >= 11 is 0. The molecule has 1 aromatic rings. The van der Waals surface area contributed by atoms with Crippen LogP contribution in [-0.2, 0) is 15.9 Å². The highest BCUT2D eigenvalue weighted by Crippen LogP contribution is 2.58. The Labute approximate surface area is 139 Å².